The van der Waals surface area contributed by atoms with E-state index in [4.69, 9.17) is 4.74 Å². The maximum Gasteiger partial charge on any atom is 0.329 e. The summed E-state index contributed by atoms with van der Waals surface area (Å²) < 4.78 is 5.31. The minimum atomic E-state index is -0.780. The van der Waals surface area contributed by atoms with Crippen molar-refractivity contribution in [3.05, 3.63) is 29.8 Å². The lowest BCUT2D eigenvalue weighted by Gasteiger charge is -2.05. The highest BCUT2D eigenvalue weighted by Crippen LogP contribution is 2.10. The zero-order valence-corrected chi connectivity index (χ0v) is 12.6. The molecule has 0 aliphatic rings. The van der Waals surface area contributed by atoms with E-state index < -0.39 is 11.8 Å². The van der Waals surface area contributed by atoms with Gasteiger partial charge < -0.3 is 10.1 Å². The van der Waals surface area contributed by atoms with Crippen LogP contribution in [0.5, 0.6) is 5.75 Å². The number of nitrogens with one attached hydrogen (secondary N) is 2. The van der Waals surface area contributed by atoms with Crippen molar-refractivity contribution in [1.82, 2.24) is 10.7 Å². The third-order valence-electron chi connectivity index (χ3n) is 2.45. The van der Waals surface area contributed by atoms with E-state index >= 15 is 0 Å². The molecule has 1 aromatic rings. The van der Waals surface area contributed by atoms with Crippen molar-refractivity contribution in [1.29, 1.82) is 0 Å². The highest BCUT2D eigenvalue weighted by atomic mass is 16.5. The Kier molecular flexibility index (Phi) is 6.94. The first kappa shape index (κ1) is 16.7. The number of hydrogen-bond acceptors (Lipinski definition) is 4. The third kappa shape index (κ3) is 6.56. The Morgan fingerprint density at radius 1 is 1.24 bits per heavy atom. The molecule has 0 radical (unpaired) electrons. The van der Waals surface area contributed by atoms with Crippen LogP contribution in [0.25, 0.3) is 0 Å². The van der Waals surface area contributed by atoms with Gasteiger partial charge in [-0.1, -0.05) is 13.8 Å². The van der Waals surface area contributed by atoms with E-state index in [-0.39, 0.29) is 5.92 Å². The van der Waals surface area contributed by atoms with Gasteiger partial charge in [0.05, 0.1) is 12.8 Å². The van der Waals surface area contributed by atoms with E-state index in [1.54, 1.807) is 12.1 Å². The van der Waals surface area contributed by atoms with Crippen molar-refractivity contribution in [3.63, 3.8) is 0 Å². The minimum Gasteiger partial charge on any atom is -0.494 e. The molecule has 21 heavy (non-hydrogen) atoms. The predicted molar refractivity (Wildman–Crippen MR) is 81.2 cm³/mol. The van der Waals surface area contributed by atoms with Crippen LogP contribution >= 0.6 is 0 Å². The largest absolute Gasteiger partial charge is 0.494 e. The number of rotatable bonds is 6. The van der Waals surface area contributed by atoms with Crippen LogP contribution in [0, 0.1) is 5.92 Å². The molecule has 0 saturated carbocycles. The number of carbonyl (C=O) groups excluding carboxylic acids is 2. The summed E-state index contributed by atoms with van der Waals surface area (Å²) in [6.07, 6.45) is 1.46. The van der Waals surface area contributed by atoms with Crippen molar-refractivity contribution >= 4 is 18.0 Å². The molecule has 0 aliphatic heterocycles. The van der Waals surface area contributed by atoms with Gasteiger partial charge in [0.15, 0.2) is 0 Å². The minimum absolute atomic E-state index is 0.286. The van der Waals surface area contributed by atoms with Crippen molar-refractivity contribution in [2.75, 3.05) is 13.2 Å². The number of amides is 2. The van der Waals surface area contributed by atoms with Crippen LogP contribution in [0.3, 0.4) is 0 Å². The standard InChI is InChI=1S/C15H21N3O3/c1-4-21-13-7-5-12(6-8-13)10-17-18-15(20)14(19)16-9-11(2)3/h5-8,10-11H,4,9H2,1-3H3,(H,16,19)(H,18,20)/b17-10-. The van der Waals surface area contributed by atoms with Crippen LogP contribution < -0.4 is 15.5 Å². The van der Waals surface area contributed by atoms with Gasteiger partial charge in [-0.2, -0.15) is 5.10 Å². The van der Waals surface area contributed by atoms with Crippen molar-refractivity contribution < 1.29 is 14.3 Å². The summed E-state index contributed by atoms with van der Waals surface area (Å²) in [5.41, 5.74) is 2.97. The summed E-state index contributed by atoms with van der Waals surface area (Å²) in [6.45, 7) is 6.86. The number of carbonyl (C=O) groups is 2. The van der Waals surface area contributed by atoms with E-state index in [1.807, 2.05) is 32.9 Å². The van der Waals surface area contributed by atoms with Crippen molar-refractivity contribution in [2.24, 2.45) is 11.0 Å². The quantitative estimate of drug-likeness (QED) is 0.471. The first-order valence-corrected chi connectivity index (χ1v) is 6.87. The average Bonchev–Trinajstić information content (AvgIpc) is 2.46. The molecule has 6 heteroatoms. The molecule has 0 aliphatic carbocycles. The van der Waals surface area contributed by atoms with E-state index in [0.29, 0.717) is 13.2 Å². The molecule has 0 bridgehead atoms. The lowest BCUT2D eigenvalue weighted by Crippen LogP contribution is -2.39. The molecule has 0 aromatic heterocycles. The Labute approximate surface area is 124 Å². The zero-order valence-electron chi connectivity index (χ0n) is 12.6. The van der Waals surface area contributed by atoms with E-state index in [2.05, 4.69) is 15.8 Å². The maximum atomic E-state index is 11.4. The van der Waals surface area contributed by atoms with Gasteiger partial charge in [0.25, 0.3) is 0 Å². The smallest absolute Gasteiger partial charge is 0.329 e. The fourth-order valence-electron chi connectivity index (χ4n) is 1.41. The molecule has 6 nitrogen and oxygen atoms in total. The molecule has 2 amide bonds. The molecule has 0 spiro atoms. The van der Waals surface area contributed by atoms with Gasteiger partial charge in [0.1, 0.15) is 5.75 Å². The Morgan fingerprint density at radius 2 is 1.90 bits per heavy atom. The lowest BCUT2D eigenvalue weighted by atomic mass is 10.2. The summed E-state index contributed by atoms with van der Waals surface area (Å²) >= 11 is 0. The number of ether oxygens (including phenoxy) is 1. The molecule has 1 aromatic carbocycles. The maximum absolute atomic E-state index is 11.4. The van der Waals surface area contributed by atoms with Crippen molar-refractivity contribution in [2.45, 2.75) is 20.8 Å². The van der Waals surface area contributed by atoms with Crippen LogP contribution in [0.15, 0.2) is 29.4 Å². The highest BCUT2D eigenvalue weighted by Gasteiger charge is 2.11. The van der Waals surface area contributed by atoms with Crippen LogP contribution in [-0.4, -0.2) is 31.2 Å². The Balaban J connectivity index is 2.42. The van der Waals surface area contributed by atoms with Crippen LogP contribution in [0.1, 0.15) is 26.3 Å². The topological polar surface area (TPSA) is 79.8 Å². The van der Waals surface area contributed by atoms with E-state index in [9.17, 15) is 9.59 Å². The summed E-state index contributed by atoms with van der Waals surface area (Å²) in [6, 6.07) is 7.23. The Hall–Kier alpha value is -2.37. The molecule has 1 rings (SSSR count). The lowest BCUT2D eigenvalue weighted by molar-refractivity contribution is -0.139. The second kappa shape index (κ2) is 8.73. The van der Waals surface area contributed by atoms with Gasteiger partial charge in [-0.3, -0.25) is 9.59 Å². The van der Waals surface area contributed by atoms with E-state index in [0.717, 1.165) is 11.3 Å². The Morgan fingerprint density at radius 3 is 2.48 bits per heavy atom. The SMILES string of the molecule is CCOc1ccc(/C=N\NC(=O)C(=O)NCC(C)C)cc1. The molecule has 2 N–H and O–H groups in total. The van der Waals surface area contributed by atoms with Gasteiger partial charge in [-0.15, -0.1) is 0 Å². The molecular formula is C15H21N3O3. The van der Waals surface area contributed by atoms with Gasteiger partial charge in [0, 0.05) is 6.54 Å². The van der Waals surface area contributed by atoms with Crippen molar-refractivity contribution in [3.8, 4) is 5.75 Å². The average molecular weight is 291 g/mol. The van der Waals surface area contributed by atoms with Gasteiger partial charge in [-0.25, -0.2) is 5.43 Å². The Bertz CT molecular complexity index is 495. The first-order valence-electron chi connectivity index (χ1n) is 6.87. The summed E-state index contributed by atoms with van der Waals surface area (Å²) in [4.78, 5) is 22.8. The number of hydrogen-bond donors (Lipinski definition) is 2. The number of nitrogens with zero attached hydrogens (tertiary/aromatic N) is 1. The second-order valence-corrected chi connectivity index (χ2v) is 4.81. The molecular weight excluding hydrogens is 270 g/mol. The number of benzene rings is 1. The predicted octanol–water partition coefficient (Wildman–Crippen LogP) is 1.31. The monoisotopic (exact) mass is 291 g/mol. The van der Waals surface area contributed by atoms with Gasteiger partial charge in [-0.05, 0) is 42.7 Å². The first-order chi connectivity index (χ1) is 10.0. The van der Waals surface area contributed by atoms with E-state index in [1.165, 1.54) is 6.21 Å². The zero-order chi connectivity index (χ0) is 15.7. The van der Waals surface area contributed by atoms with Crippen LogP contribution in [0.2, 0.25) is 0 Å². The molecule has 114 valence electrons. The fraction of sp³-hybridized carbons (Fsp3) is 0.400. The normalized spacial score (nSPS) is 10.7. The molecule has 0 fully saturated rings. The van der Waals surface area contributed by atoms with Gasteiger partial charge in [0.2, 0.25) is 0 Å². The molecule has 0 atom stereocenters. The summed E-state index contributed by atoms with van der Waals surface area (Å²) in [7, 11) is 0. The third-order valence-corrected chi connectivity index (χ3v) is 2.45. The van der Waals surface area contributed by atoms with Crippen LogP contribution in [-0.2, 0) is 9.59 Å². The molecule has 0 saturated heterocycles. The number of hydrazone groups is 1. The molecule has 0 unspecified atom stereocenters. The van der Waals surface area contributed by atoms with Crippen LogP contribution in [0.4, 0.5) is 0 Å². The second-order valence-electron chi connectivity index (χ2n) is 4.81. The fourth-order valence-corrected chi connectivity index (χ4v) is 1.41. The summed E-state index contributed by atoms with van der Waals surface area (Å²) in [5, 5.41) is 6.25. The highest BCUT2D eigenvalue weighted by molar-refractivity contribution is 6.35. The molecule has 0 heterocycles. The van der Waals surface area contributed by atoms with Gasteiger partial charge >= 0.3 is 11.8 Å². The summed E-state index contributed by atoms with van der Waals surface area (Å²) in [5.74, 6) is -0.411.